The second-order valence-corrected chi connectivity index (χ2v) is 3.19. The number of nitrogens with zero attached hydrogens (tertiary/aromatic N) is 2. The van der Waals surface area contributed by atoms with Crippen molar-refractivity contribution in [3.8, 4) is 0 Å². The molecule has 0 radical (unpaired) electrons. The van der Waals surface area contributed by atoms with E-state index in [0.29, 0.717) is 12.2 Å². The van der Waals surface area contributed by atoms with Gasteiger partial charge in [0, 0.05) is 18.3 Å². The molecule has 0 aliphatic rings. The van der Waals surface area contributed by atoms with Crippen molar-refractivity contribution in [3.05, 3.63) is 60.7 Å². The summed E-state index contributed by atoms with van der Waals surface area (Å²) in [6.45, 7) is 0.331. The van der Waals surface area contributed by atoms with Crippen LogP contribution >= 0.6 is 0 Å². The van der Waals surface area contributed by atoms with Crippen LogP contribution in [0.25, 0.3) is 0 Å². The van der Waals surface area contributed by atoms with Crippen LogP contribution in [-0.2, 0) is 6.54 Å². The number of aromatic nitrogens is 2. The van der Waals surface area contributed by atoms with E-state index in [-0.39, 0.29) is 29.8 Å². The van der Waals surface area contributed by atoms with Gasteiger partial charge in [0.15, 0.2) is 12.4 Å². The zero-order valence-electron chi connectivity index (χ0n) is 8.58. The Labute approximate surface area is 111 Å². The summed E-state index contributed by atoms with van der Waals surface area (Å²) in [7, 11) is 0. The zero-order chi connectivity index (χ0) is 10.5. The Kier molecular flexibility index (Phi) is 5.04. The van der Waals surface area contributed by atoms with E-state index < -0.39 is 0 Å². The number of halogens is 1. The first-order chi connectivity index (χ1) is 7.36. The van der Waals surface area contributed by atoms with E-state index in [1.54, 1.807) is 18.3 Å². The minimum Gasteiger partial charge on any atom is -1.00 e. The fraction of sp³-hybridized carbons (Fsp3) is 0.0833. The maximum absolute atomic E-state index is 11.7. The molecule has 0 amide bonds. The van der Waals surface area contributed by atoms with Crippen molar-refractivity contribution in [1.29, 1.82) is 0 Å². The van der Waals surface area contributed by atoms with Crippen molar-refractivity contribution in [1.82, 2.24) is 4.98 Å². The lowest BCUT2D eigenvalue weighted by atomic mass is 10.2. The Bertz CT molecular complexity index is 445. The van der Waals surface area contributed by atoms with Gasteiger partial charge in [0.05, 0.1) is 0 Å². The highest BCUT2D eigenvalue weighted by Gasteiger charge is 2.11. The Hall–Kier alpha value is -1.30. The average molecular weight is 326 g/mol. The third kappa shape index (κ3) is 3.37. The molecule has 0 aliphatic carbocycles. The maximum atomic E-state index is 11.7. The van der Waals surface area contributed by atoms with Crippen molar-refractivity contribution in [3.63, 3.8) is 0 Å². The third-order valence-electron chi connectivity index (χ3n) is 2.05. The van der Waals surface area contributed by atoms with Crippen LogP contribution in [0, 0.1) is 0 Å². The lowest BCUT2D eigenvalue weighted by Gasteiger charge is -1.95. The molecule has 0 atom stereocenters. The number of Topliss-reactive ketones (excluding diaryl/α,β-unsaturated/α-hetero) is 1. The summed E-state index contributed by atoms with van der Waals surface area (Å²) >= 11 is 0. The molecule has 0 aliphatic heterocycles. The van der Waals surface area contributed by atoms with E-state index in [1.165, 1.54) is 0 Å². The van der Waals surface area contributed by atoms with Crippen molar-refractivity contribution >= 4 is 5.78 Å². The smallest absolute Gasteiger partial charge is 0.245 e. The lowest BCUT2D eigenvalue weighted by Crippen LogP contribution is -3.00. The second kappa shape index (κ2) is 6.32. The van der Waals surface area contributed by atoms with Crippen molar-refractivity contribution in [2.24, 2.45) is 0 Å². The molecular weight excluding hydrogens is 315 g/mol. The van der Waals surface area contributed by atoms with Gasteiger partial charge in [-0.05, 0) is 12.1 Å². The third-order valence-corrected chi connectivity index (χ3v) is 2.05. The van der Waals surface area contributed by atoms with Gasteiger partial charge in [0.2, 0.25) is 12.3 Å². The zero-order valence-corrected chi connectivity index (χ0v) is 10.7. The van der Waals surface area contributed by atoms with Gasteiger partial charge >= 0.3 is 0 Å². The molecule has 16 heavy (non-hydrogen) atoms. The maximum Gasteiger partial charge on any atom is 0.245 e. The van der Waals surface area contributed by atoms with Crippen LogP contribution in [0.15, 0.2) is 55.0 Å². The molecule has 2 rings (SSSR count). The predicted molar refractivity (Wildman–Crippen MR) is 55.2 cm³/mol. The summed E-state index contributed by atoms with van der Waals surface area (Å²) in [5.41, 5.74) is 0.508. The molecule has 0 saturated carbocycles. The van der Waals surface area contributed by atoms with Crippen LogP contribution < -0.4 is 28.5 Å². The molecule has 0 fully saturated rings. The van der Waals surface area contributed by atoms with Gasteiger partial charge < -0.3 is 24.0 Å². The molecule has 0 aromatic carbocycles. The van der Waals surface area contributed by atoms with E-state index in [0.717, 1.165) is 0 Å². The van der Waals surface area contributed by atoms with Crippen molar-refractivity contribution in [2.45, 2.75) is 6.54 Å². The average Bonchev–Trinajstić information content (AvgIpc) is 2.31. The predicted octanol–water partition coefficient (Wildman–Crippen LogP) is -1.74. The van der Waals surface area contributed by atoms with Crippen LogP contribution in [0.1, 0.15) is 10.5 Å². The summed E-state index contributed by atoms with van der Waals surface area (Å²) in [4.78, 5) is 15.7. The fourth-order valence-electron chi connectivity index (χ4n) is 1.31. The van der Waals surface area contributed by atoms with Crippen molar-refractivity contribution < 1.29 is 33.3 Å². The molecule has 0 saturated heterocycles. The summed E-state index contributed by atoms with van der Waals surface area (Å²) in [5.74, 6) is 0.0202. The molecular formula is C12H11IN2O. The van der Waals surface area contributed by atoms with Gasteiger partial charge in [-0.1, -0.05) is 12.1 Å². The standard InChI is InChI=1S/C12H11N2O.HI/c15-12(11-6-2-3-7-13-11)10-14-8-4-1-5-9-14;/h1-9H,10H2;1H/q+1;/p-1. The normalized spacial score (nSPS) is 9.25. The largest absolute Gasteiger partial charge is 1.00 e. The highest BCUT2D eigenvalue weighted by Crippen LogP contribution is 1.94. The summed E-state index contributed by atoms with van der Waals surface area (Å²) < 4.78 is 1.83. The SMILES string of the molecule is O=C(C[n+]1ccccc1)c1ccccn1.[I-]. The topological polar surface area (TPSA) is 33.8 Å². The number of carbonyl (C=O) groups excluding carboxylic acids is 1. The second-order valence-electron chi connectivity index (χ2n) is 3.19. The molecule has 3 nitrogen and oxygen atoms in total. The summed E-state index contributed by atoms with van der Waals surface area (Å²) in [6.07, 6.45) is 5.35. The molecule has 0 spiro atoms. The Balaban J connectivity index is 0.00000128. The molecule has 0 N–H and O–H groups in total. The van der Waals surface area contributed by atoms with Gasteiger partial charge in [0.1, 0.15) is 5.69 Å². The first-order valence-electron chi connectivity index (χ1n) is 4.74. The highest BCUT2D eigenvalue weighted by molar-refractivity contribution is 5.92. The minimum absolute atomic E-state index is 0. The molecule has 82 valence electrons. The van der Waals surface area contributed by atoms with Gasteiger partial charge in [-0.3, -0.25) is 9.78 Å². The molecule has 2 aromatic rings. The molecule has 0 bridgehead atoms. The summed E-state index contributed by atoms with van der Waals surface area (Å²) in [5, 5.41) is 0. The Morgan fingerprint density at radius 1 is 1.12 bits per heavy atom. The molecule has 0 unspecified atom stereocenters. The minimum atomic E-state index is 0. The van der Waals surface area contributed by atoms with Crippen LogP contribution in [0.5, 0.6) is 0 Å². The van der Waals surface area contributed by atoms with E-state index >= 15 is 0 Å². The lowest BCUT2D eigenvalue weighted by molar-refractivity contribution is -0.683. The van der Waals surface area contributed by atoms with Gasteiger partial charge in [-0.15, -0.1) is 0 Å². The van der Waals surface area contributed by atoms with Crippen LogP contribution in [0.4, 0.5) is 0 Å². The highest BCUT2D eigenvalue weighted by atomic mass is 127. The number of hydrogen-bond donors (Lipinski definition) is 0. The summed E-state index contributed by atoms with van der Waals surface area (Å²) in [6, 6.07) is 11.0. The van der Waals surface area contributed by atoms with Gasteiger partial charge in [-0.25, -0.2) is 0 Å². The molecule has 2 aromatic heterocycles. The Morgan fingerprint density at radius 2 is 1.88 bits per heavy atom. The van der Waals surface area contributed by atoms with Gasteiger partial charge in [0.25, 0.3) is 0 Å². The van der Waals surface area contributed by atoms with Crippen LogP contribution in [-0.4, -0.2) is 10.8 Å². The van der Waals surface area contributed by atoms with E-state index in [1.807, 2.05) is 41.2 Å². The number of carbonyl (C=O) groups is 1. The quantitative estimate of drug-likeness (QED) is 0.381. The first-order valence-corrected chi connectivity index (χ1v) is 4.74. The number of hydrogen-bond acceptors (Lipinski definition) is 2. The monoisotopic (exact) mass is 326 g/mol. The number of pyridine rings is 2. The molecule has 4 heteroatoms. The van der Waals surface area contributed by atoms with E-state index in [4.69, 9.17) is 0 Å². The van der Waals surface area contributed by atoms with Crippen molar-refractivity contribution in [2.75, 3.05) is 0 Å². The fourth-order valence-corrected chi connectivity index (χ4v) is 1.31. The van der Waals surface area contributed by atoms with Crippen LogP contribution in [0.3, 0.4) is 0 Å². The van der Waals surface area contributed by atoms with Gasteiger partial charge in [-0.2, -0.15) is 4.57 Å². The first kappa shape index (κ1) is 12.8. The Morgan fingerprint density at radius 3 is 2.50 bits per heavy atom. The van der Waals surface area contributed by atoms with E-state index in [9.17, 15) is 4.79 Å². The van der Waals surface area contributed by atoms with Crippen LogP contribution in [0.2, 0.25) is 0 Å². The van der Waals surface area contributed by atoms with E-state index in [2.05, 4.69) is 4.98 Å². The number of ketones is 1. The number of rotatable bonds is 3. The molecule has 2 heterocycles.